The molecule has 0 saturated heterocycles. The monoisotopic (exact) mass is 369 g/mol. The molecule has 0 aromatic carbocycles. The van der Waals surface area contributed by atoms with Crippen LogP contribution in [0.2, 0.25) is 0 Å². The minimum atomic E-state index is -3.51. The number of aryl methyl sites for hydroxylation is 1. The van der Waals surface area contributed by atoms with Crippen molar-refractivity contribution >= 4 is 43.3 Å². The molecule has 5 nitrogen and oxygen atoms in total. The Balaban J connectivity index is 2.53. The number of hydrogen-bond donors (Lipinski definition) is 2. The third kappa shape index (κ3) is 4.87. The summed E-state index contributed by atoms with van der Waals surface area (Å²) in [6.07, 6.45) is 0.946. The fourth-order valence-corrected chi connectivity index (χ4v) is 5.00. The zero-order chi connectivity index (χ0) is 14.6. The fraction of sp³-hybridized carbons (Fsp3) is 0.545. The molecule has 1 aromatic heterocycles. The van der Waals surface area contributed by atoms with E-state index in [9.17, 15) is 13.2 Å². The summed E-state index contributed by atoms with van der Waals surface area (Å²) in [7, 11) is -3.51. The summed E-state index contributed by atoms with van der Waals surface area (Å²) in [5, 5.41) is 8.72. The highest BCUT2D eigenvalue weighted by molar-refractivity contribution is 9.11. The number of hydrogen-bond acceptors (Lipinski definition) is 4. The molecule has 19 heavy (non-hydrogen) atoms. The van der Waals surface area contributed by atoms with Crippen LogP contribution < -0.4 is 4.72 Å². The SMILES string of the molecule is Cc1sc(Br)cc1S(=O)(=O)NCCCC(C)C(=O)O. The highest BCUT2D eigenvalue weighted by Gasteiger charge is 2.19. The molecule has 0 bridgehead atoms. The summed E-state index contributed by atoms with van der Waals surface area (Å²) in [5.41, 5.74) is 0. The Morgan fingerprint density at radius 2 is 2.21 bits per heavy atom. The lowest BCUT2D eigenvalue weighted by molar-refractivity contribution is -0.141. The normalized spacial score (nSPS) is 13.4. The van der Waals surface area contributed by atoms with Crippen molar-refractivity contribution in [3.63, 3.8) is 0 Å². The van der Waals surface area contributed by atoms with Gasteiger partial charge in [0.1, 0.15) is 0 Å². The third-order valence-corrected chi connectivity index (χ3v) is 5.93. The molecule has 0 amide bonds. The molecule has 108 valence electrons. The van der Waals surface area contributed by atoms with Crippen molar-refractivity contribution < 1.29 is 18.3 Å². The zero-order valence-electron chi connectivity index (χ0n) is 10.6. The maximum Gasteiger partial charge on any atom is 0.306 e. The fourth-order valence-electron chi connectivity index (χ4n) is 1.51. The van der Waals surface area contributed by atoms with Gasteiger partial charge in [0.15, 0.2) is 0 Å². The molecule has 1 aromatic rings. The lowest BCUT2D eigenvalue weighted by atomic mass is 10.1. The predicted octanol–water partition coefficient (Wildman–Crippen LogP) is 2.60. The van der Waals surface area contributed by atoms with Crippen LogP contribution in [0.25, 0.3) is 0 Å². The Kier molecular flexibility index (Phi) is 5.97. The van der Waals surface area contributed by atoms with Gasteiger partial charge in [0, 0.05) is 11.4 Å². The topological polar surface area (TPSA) is 83.5 Å². The molecule has 0 radical (unpaired) electrons. The number of carbonyl (C=O) groups is 1. The van der Waals surface area contributed by atoms with Gasteiger partial charge < -0.3 is 5.11 Å². The van der Waals surface area contributed by atoms with Crippen LogP contribution in [0.3, 0.4) is 0 Å². The van der Waals surface area contributed by atoms with Crippen molar-refractivity contribution in [2.24, 2.45) is 5.92 Å². The molecule has 1 heterocycles. The van der Waals surface area contributed by atoms with Gasteiger partial charge in [-0.1, -0.05) is 6.92 Å². The molecular weight excluding hydrogens is 354 g/mol. The lowest BCUT2D eigenvalue weighted by Gasteiger charge is -2.08. The highest BCUT2D eigenvalue weighted by atomic mass is 79.9. The van der Waals surface area contributed by atoms with Crippen LogP contribution in [0.15, 0.2) is 14.7 Å². The van der Waals surface area contributed by atoms with Crippen LogP contribution in [0.1, 0.15) is 24.6 Å². The maximum absolute atomic E-state index is 12.0. The summed E-state index contributed by atoms with van der Waals surface area (Å²) < 4.78 is 27.3. The van der Waals surface area contributed by atoms with Gasteiger partial charge in [0.2, 0.25) is 10.0 Å². The van der Waals surface area contributed by atoms with Crippen LogP contribution >= 0.6 is 27.3 Å². The van der Waals surface area contributed by atoms with Crippen molar-refractivity contribution in [1.82, 2.24) is 4.72 Å². The average Bonchev–Trinajstić information content (AvgIpc) is 2.64. The number of halogens is 1. The van der Waals surface area contributed by atoms with Gasteiger partial charge in [-0.05, 0) is 41.8 Å². The number of sulfonamides is 1. The number of rotatable bonds is 7. The zero-order valence-corrected chi connectivity index (χ0v) is 13.9. The van der Waals surface area contributed by atoms with E-state index in [2.05, 4.69) is 20.7 Å². The van der Waals surface area contributed by atoms with Crippen LogP contribution in [-0.4, -0.2) is 26.0 Å². The van der Waals surface area contributed by atoms with Crippen LogP contribution in [0.5, 0.6) is 0 Å². The van der Waals surface area contributed by atoms with E-state index in [1.54, 1.807) is 19.9 Å². The Hall–Kier alpha value is -0.440. The second kappa shape index (κ2) is 6.83. The first-order valence-corrected chi connectivity index (χ1v) is 8.81. The van der Waals surface area contributed by atoms with E-state index in [4.69, 9.17) is 5.11 Å². The number of carboxylic acid groups (broad SMARTS) is 1. The van der Waals surface area contributed by atoms with Gasteiger partial charge >= 0.3 is 5.97 Å². The van der Waals surface area contributed by atoms with Crippen molar-refractivity contribution in [3.8, 4) is 0 Å². The molecule has 0 aliphatic rings. The lowest BCUT2D eigenvalue weighted by Crippen LogP contribution is -2.25. The number of nitrogens with one attached hydrogen (secondary N) is 1. The Morgan fingerprint density at radius 1 is 1.58 bits per heavy atom. The van der Waals surface area contributed by atoms with E-state index in [0.717, 1.165) is 8.66 Å². The second-order valence-corrected chi connectivity index (χ2v) is 8.62. The molecule has 0 saturated carbocycles. The number of carboxylic acids is 1. The van der Waals surface area contributed by atoms with Crippen molar-refractivity contribution in [2.75, 3.05) is 6.54 Å². The number of thiophene rings is 1. The van der Waals surface area contributed by atoms with Crippen molar-refractivity contribution in [2.45, 2.75) is 31.6 Å². The molecule has 1 unspecified atom stereocenters. The first-order valence-electron chi connectivity index (χ1n) is 5.72. The standard InChI is InChI=1S/C11H16BrNO4S2/c1-7(11(14)15)4-3-5-13-19(16,17)9-6-10(12)18-8(9)2/h6-7,13H,3-5H2,1-2H3,(H,14,15). The van der Waals surface area contributed by atoms with Gasteiger partial charge in [-0.25, -0.2) is 13.1 Å². The van der Waals surface area contributed by atoms with Gasteiger partial charge in [0.05, 0.1) is 14.6 Å². The van der Waals surface area contributed by atoms with Gasteiger partial charge in [-0.15, -0.1) is 11.3 Å². The minimum absolute atomic E-state index is 0.243. The first-order chi connectivity index (χ1) is 8.74. The van der Waals surface area contributed by atoms with Crippen LogP contribution in [-0.2, 0) is 14.8 Å². The smallest absolute Gasteiger partial charge is 0.306 e. The quantitative estimate of drug-likeness (QED) is 0.723. The van der Waals surface area contributed by atoms with Crippen LogP contribution in [0.4, 0.5) is 0 Å². The van der Waals surface area contributed by atoms with E-state index < -0.39 is 21.9 Å². The summed E-state index contributed by atoms with van der Waals surface area (Å²) in [4.78, 5) is 11.6. The van der Waals surface area contributed by atoms with E-state index >= 15 is 0 Å². The second-order valence-electron chi connectivity index (χ2n) is 4.25. The Morgan fingerprint density at radius 3 is 2.68 bits per heavy atom. The van der Waals surface area contributed by atoms with Gasteiger partial charge in [0.25, 0.3) is 0 Å². The van der Waals surface area contributed by atoms with Crippen molar-refractivity contribution in [1.29, 1.82) is 0 Å². The molecular formula is C11H16BrNO4S2. The molecule has 0 aliphatic heterocycles. The molecule has 0 spiro atoms. The molecule has 8 heteroatoms. The Labute approximate surface area is 125 Å². The van der Waals surface area contributed by atoms with Gasteiger partial charge in [-0.3, -0.25) is 4.79 Å². The summed E-state index contributed by atoms with van der Waals surface area (Å²) in [5.74, 6) is -1.32. The number of aliphatic carboxylic acids is 1. The first kappa shape index (κ1) is 16.6. The molecule has 0 fully saturated rings. The van der Waals surface area contributed by atoms with E-state index in [1.165, 1.54) is 11.3 Å². The molecule has 1 atom stereocenters. The van der Waals surface area contributed by atoms with E-state index in [0.29, 0.717) is 12.8 Å². The highest BCUT2D eigenvalue weighted by Crippen LogP contribution is 2.29. The summed E-state index contributed by atoms with van der Waals surface area (Å²) >= 11 is 4.62. The van der Waals surface area contributed by atoms with E-state index in [-0.39, 0.29) is 11.4 Å². The third-order valence-electron chi connectivity index (χ3n) is 2.66. The van der Waals surface area contributed by atoms with Crippen molar-refractivity contribution in [3.05, 3.63) is 14.7 Å². The molecule has 1 rings (SSSR count). The summed E-state index contributed by atoms with van der Waals surface area (Å²) in [6, 6.07) is 1.57. The maximum atomic E-state index is 12.0. The Bertz CT molecular complexity index is 553. The van der Waals surface area contributed by atoms with Gasteiger partial charge in [-0.2, -0.15) is 0 Å². The molecule has 2 N–H and O–H groups in total. The summed E-state index contributed by atoms with van der Waals surface area (Å²) in [6.45, 7) is 3.60. The molecule has 0 aliphatic carbocycles. The minimum Gasteiger partial charge on any atom is -0.481 e. The average molecular weight is 370 g/mol. The largest absolute Gasteiger partial charge is 0.481 e. The van der Waals surface area contributed by atoms with Crippen LogP contribution in [0, 0.1) is 12.8 Å². The predicted molar refractivity (Wildman–Crippen MR) is 78.0 cm³/mol. The van der Waals surface area contributed by atoms with E-state index in [1.807, 2.05) is 0 Å².